The average molecular weight is 284 g/mol. The van der Waals surface area contributed by atoms with Gasteiger partial charge in [-0.15, -0.1) is 0 Å². The summed E-state index contributed by atoms with van der Waals surface area (Å²) < 4.78 is 0.374. The highest BCUT2D eigenvalue weighted by molar-refractivity contribution is 8.22. The van der Waals surface area contributed by atoms with Gasteiger partial charge in [-0.25, -0.2) is 0 Å². The Bertz CT molecular complexity index is 439. The normalized spacial score (nSPS) is 9.56. The minimum atomic E-state index is -0.383. The van der Waals surface area contributed by atoms with E-state index in [1.54, 1.807) is 12.1 Å². The first kappa shape index (κ1) is 14.4. The van der Waals surface area contributed by atoms with E-state index in [4.69, 9.17) is 18.0 Å². The van der Waals surface area contributed by atoms with Gasteiger partial charge < -0.3 is 5.73 Å². The summed E-state index contributed by atoms with van der Waals surface area (Å²) in [6.07, 6.45) is 3.29. The van der Waals surface area contributed by atoms with Crippen LogP contribution < -0.4 is 16.6 Å². The molecule has 0 aromatic carbocycles. The number of aromatic nitrogens is 1. The lowest BCUT2D eigenvalue weighted by Gasteiger charge is -2.08. The van der Waals surface area contributed by atoms with Crippen molar-refractivity contribution in [2.45, 2.75) is 6.42 Å². The number of thiocarbonyl (C=S) groups is 1. The quantitative estimate of drug-likeness (QED) is 0.540. The topological polar surface area (TPSA) is 97.1 Å². The summed E-state index contributed by atoms with van der Waals surface area (Å²) in [7, 11) is 0. The number of pyridine rings is 1. The van der Waals surface area contributed by atoms with E-state index in [1.165, 1.54) is 24.2 Å². The number of carbonyl (C=O) groups is 2. The summed E-state index contributed by atoms with van der Waals surface area (Å²) >= 11 is 6.18. The molecule has 4 N–H and O–H groups in total. The van der Waals surface area contributed by atoms with Crippen LogP contribution in [0, 0.1) is 0 Å². The number of carbonyl (C=O) groups excluding carboxylic acids is 2. The van der Waals surface area contributed by atoms with Crippen molar-refractivity contribution in [3.05, 3.63) is 30.1 Å². The van der Waals surface area contributed by atoms with Crippen molar-refractivity contribution >= 4 is 40.1 Å². The molecule has 0 atom stereocenters. The molecule has 1 aromatic heterocycles. The maximum atomic E-state index is 11.6. The standard InChI is InChI=1S/C10H12N4O2S2/c11-8(15)3-6-18-10(17)14-13-9(16)7-1-4-12-5-2-7/h1-2,4-5H,3,6H2,(H2,11,15)(H,13,16)(H,14,17). The zero-order chi connectivity index (χ0) is 13.4. The molecule has 96 valence electrons. The SMILES string of the molecule is NC(=O)CCSC(=S)NNC(=O)c1ccncc1. The van der Waals surface area contributed by atoms with Gasteiger partial charge in [-0.05, 0) is 12.1 Å². The van der Waals surface area contributed by atoms with Gasteiger partial charge in [0.2, 0.25) is 5.91 Å². The molecule has 0 saturated carbocycles. The molecule has 2 amide bonds. The predicted octanol–water partition coefficient (Wildman–Crippen LogP) is 0.209. The minimum absolute atomic E-state index is 0.241. The van der Waals surface area contributed by atoms with Crippen LogP contribution >= 0.6 is 24.0 Å². The Morgan fingerprint density at radius 1 is 1.33 bits per heavy atom. The fourth-order valence-corrected chi connectivity index (χ4v) is 1.88. The summed E-state index contributed by atoms with van der Waals surface area (Å²) in [5, 5.41) is 0. The number of rotatable bonds is 4. The number of primary amides is 1. The van der Waals surface area contributed by atoms with Gasteiger partial charge in [0.15, 0.2) is 4.32 Å². The van der Waals surface area contributed by atoms with Crippen LogP contribution in [0.4, 0.5) is 0 Å². The van der Waals surface area contributed by atoms with E-state index in [2.05, 4.69) is 15.8 Å². The van der Waals surface area contributed by atoms with Gasteiger partial charge in [-0.2, -0.15) is 0 Å². The van der Waals surface area contributed by atoms with E-state index in [9.17, 15) is 9.59 Å². The van der Waals surface area contributed by atoms with Gasteiger partial charge in [0.05, 0.1) is 0 Å². The lowest BCUT2D eigenvalue weighted by atomic mass is 10.3. The third-order valence-corrected chi connectivity index (χ3v) is 3.03. The Morgan fingerprint density at radius 2 is 2.00 bits per heavy atom. The van der Waals surface area contributed by atoms with Crippen LogP contribution in [0.15, 0.2) is 24.5 Å². The molecular weight excluding hydrogens is 272 g/mol. The van der Waals surface area contributed by atoms with Crippen molar-refractivity contribution in [2.75, 3.05) is 5.75 Å². The van der Waals surface area contributed by atoms with Gasteiger partial charge in [0, 0.05) is 30.1 Å². The van der Waals surface area contributed by atoms with Gasteiger partial charge >= 0.3 is 0 Å². The highest BCUT2D eigenvalue weighted by Gasteiger charge is 2.05. The monoisotopic (exact) mass is 284 g/mol. The molecule has 0 fully saturated rings. The van der Waals surface area contributed by atoms with Crippen LogP contribution in [-0.4, -0.2) is 26.9 Å². The molecular formula is C10H12N4O2S2. The molecule has 1 aromatic rings. The number of hydrazine groups is 1. The predicted molar refractivity (Wildman–Crippen MR) is 73.7 cm³/mol. The second-order valence-corrected chi connectivity index (χ2v) is 4.94. The Kier molecular flexibility index (Phi) is 6.09. The highest BCUT2D eigenvalue weighted by atomic mass is 32.2. The fourth-order valence-electron chi connectivity index (χ4n) is 0.964. The van der Waals surface area contributed by atoms with Crippen LogP contribution in [0.1, 0.15) is 16.8 Å². The molecule has 0 bridgehead atoms. The minimum Gasteiger partial charge on any atom is -0.370 e. The Morgan fingerprint density at radius 3 is 2.61 bits per heavy atom. The van der Waals surface area contributed by atoms with E-state index in [0.29, 0.717) is 15.6 Å². The molecule has 0 aliphatic rings. The maximum absolute atomic E-state index is 11.6. The molecule has 0 aliphatic heterocycles. The van der Waals surface area contributed by atoms with Crippen molar-refractivity contribution in [1.82, 2.24) is 15.8 Å². The second-order valence-electron chi connectivity index (χ2n) is 3.17. The fraction of sp³-hybridized carbons (Fsp3) is 0.200. The van der Waals surface area contributed by atoms with Gasteiger partial charge in [0.1, 0.15) is 0 Å². The maximum Gasteiger partial charge on any atom is 0.269 e. The van der Waals surface area contributed by atoms with Crippen LogP contribution in [0.2, 0.25) is 0 Å². The van der Waals surface area contributed by atoms with Gasteiger partial charge in [-0.3, -0.25) is 25.4 Å². The first-order chi connectivity index (χ1) is 8.59. The molecule has 6 nitrogen and oxygen atoms in total. The summed E-state index contributed by atoms with van der Waals surface area (Å²) in [5.74, 6) is -0.215. The number of hydrogen-bond acceptors (Lipinski definition) is 5. The molecule has 18 heavy (non-hydrogen) atoms. The molecule has 0 aliphatic carbocycles. The summed E-state index contributed by atoms with van der Waals surface area (Å²) in [4.78, 5) is 25.9. The van der Waals surface area contributed by atoms with E-state index in [-0.39, 0.29) is 18.2 Å². The largest absolute Gasteiger partial charge is 0.370 e. The average Bonchev–Trinajstić information content (AvgIpc) is 2.36. The van der Waals surface area contributed by atoms with Crippen molar-refractivity contribution in [3.63, 3.8) is 0 Å². The van der Waals surface area contributed by atoms with E-state index < -0.39 is 0 Å². The first-order valence-corrected chi connectivity index (χ1v) is 6.40. The molecule has 0 radical (unpaired) electrons. The number of nitrogens with zero attached hydrogens (tertiary/aromatic N) is 1. The highest BCUT2D eigenvalue weighted by Crippen LogP contribution is 2.03. The second kappa shape index (κ2) is 7.62. The van der Waals surface area contributed by atoms with Crippen LogP contribution in [0.3, 0.4) is 0 Å². The molecule has 1 heterocycles. The van der Waals surface area contributed by atoms with Crippen LogP contribution in [-0.2, 0) is 4.79 Å². The van der Waals surface area contributed by atoms with Gasteiger partial charge in [-0.1, -0.05) is 24.0 Å². The number of nitrogens with one attached hydrogen (secondary N) is 2. The number of amides is 2. The lowest BCUT2D eigenvalue weighted by molar-refractivity contribution is -0.117. The molecule has 8 heteroatoms. The number of thioether (sulfide) groups is 1. The summed E-state index contributed by atoms with van der Waals surface area (Å²) in [6, 6.07) is 3.17. The smallest absolute Gasteiger partial charge is 0.269 e. The van der Waals surface area contributed by atoms with E-state index in [1.807, 2.05) is 0 Å². The lowest BCUT2D eigenvalue weighted by Crippen LogP contribution is -2.39. The summed E-state index contributed by atoms with van der Waals surface area (Å²) in [5.41, 5.74) is 10.5. The van der Waals surface area contributed by atoms with E-state index >= 15 is 0 Å². The number of hydrogen-bond donors (Lipinski definition) is 3. The molecule has 1 rings (SSSR count). The van der Waals surface area contributed by atoms with Crippen LogP contribution in [0.25, 0.3) is 0 Å². The Balaban J connectivity index is 2.26. The zero-order valence-corrected chi connectivity index (χ0v) is 11.0. The van der Waals surface area contributed by atoms with Crippen molar-refractivity contribution in [1.29, 1.82) is 0 Å². The van der Waals surface area contributed by atoms with Crippen molar-refractivity contribution < 1.29 is 9.59 Å². The van der Waals surface area contributed by atoms with Crippen molar-refractivity contribution in [2.24, 2.45) is 5.73 Å². The third-order valence-electron chi connectivity index (χ3n) is 1.80. The number of nitrogens with two attached hydrogens (primary N) is 1. The van der Waals surface area contributed by atoms with Gasteiger partial charge in [0.25, 0.3) is 5.91 Å². The summed E-state index contributed by atoms with van der Waals surface area (Å²) in [6.45, 7) is 0. The molecule has 0 saturated heterocycles. The first-order valence-electron chi connectivity index (χ1n) is 5.01. The zero-order valence-electron chi connectivity index (χ0n) is 9.38. The van der Waals surface area contributed by atoms with E-state index in [0.717, 1.165) is 0 Å². The Labute approximate surface area is 114 Å². The molecule has 0 unspecified atom stereocenters. The molecule has 0 spiro atoms. The third kappa shape index (κ3) is 5.60. The van der Waals surface area contributed by atoms with Crippen molar-refractivity contribution in [3.8, 4) is 0 Å². The Hall–Kier alpha value is -1.67. The van der Waals surface area contributed by atoms with Crippen LogP contribution in [0.5, 0.6) is 0 Å².